The van der Waals surface area contributed by atoms with Crippen molar-refractivity contribution in [3.05, 3.63) is 30.1 Å². The highest BCUT2D eigenvalue weighted by Crippen LogP contribution is 2.19. The number of hydrogen-bond acceptors (Lipinski definition) is 3. The number of carbonyl (C=O) groups is 1. The first-order valence-corrected chi connectivity index (χ1v) is 4.98. The lowest BCUT2D eigenvalue weighted by Crippen LogP contribution is -2.42. The van der Waals surface area contributed by atoms with Gasteiger partial charge in [-0.2, -0.15) is 4.57 Å². The molecule has 1 aliphatic rings. The van der Waals surface area contributed by atoms with Gasteiger partial charge in [0.15, 0.2) is 12.0 Å². The van der Waals surface area contributed by atoms with E-state index in [9.17, 15) is 4.79 Å². The molecule has 80 valence electrons. The van der Waals surface area contributed by atoms with Gasteiger partial charge in [0.1, 0.15) is 0 Å². The summed E-state index contributed by atoms with van der Waals surface area (Å²) in [6.07, 6.45) is 1.53. The summed E-state index contributed by atoms with van der Waals surface area (Å²) in [4.78, 5) is 11.1. The summed E-state index contributed by atoms with van der Waals surface area (Å²) in [5.74, 6) is 0.116. The third kappa shape index (κ3) is 2.40. The number of pyridine rings is 1. The summed E-state index contributed by atoms with van der Waals surface area (Å²) in [6, 6.07) is 5.72. The maximum absolute atomic E-state index is 11.1. The second-order valence-corrected chi connectivity index (χ2v) is 3.53. The molecule has 0 saturated carbocycles. The second kappa shape index (κ2) is 4.51. The average molecular weight is 208 g/mol. The van der Waals surface area contributed by atoms with Crippen molar-refractivity contribution in [3.63, 3.8) is 0 Å². The molecule has 4 heteroatoms. The fourth-order valence-corrected chi connectivity index (χ4v) is 1.62. The molecule has 1 fully saturated rings. The Kier molecular flexibility index (Phi) is 3.08. The van der Waals surface area contributed by atoms with Crippen molar-refractivity contribution in [2.24, 2.45) is 0 Å². The van der Waals surface area contributed by atoms with Crippen LogP contribution in [0.2, 0.25) is 0 Å². The molecular weight excluding hydrogens is 194 g/mol. The van der Waals surface area contributed by atoms with Crippen LogP contribution in [0.4, 0.5) is 0 Å². The number of Topliss-reactive ketones (excluding diaryl/α,β-unsaturated/α-hetero) is 1. The Bertz CT molecular complexity index is 359. The van der Waals surface area contributed by atoms with Gasteiger partial charge < -0.3 is 9.47 Å². The van der Waals surface area contributed by atoms with E-state index >= 15 is 0 Å². The Labute approximate surface area is 88.4 Å². The molecule has 15 heavy (non-hydrogen) atoms. The molecule has 1 saturated heterocycles. The van der Waals surface area contributed by atoms with Crippen LogP contribution in [0.5, 0.6) is 0 Å². The van der Waals surface area contributed by atoms with Gasteiger partial charge in [-0.1, -0.05) is 0 Å². The molecular formula is C11H14NO3+. The summed E-state index contributed by atoms with van der Waals surface area (Å²) < 4.78 is 12.7. The fraction of sp³-hybridized carbons (Fsp3) is 0.455. The first-order valence-electron chi connectivity index (χ1n) is 4.98. The molecule has 0 unspecified atom stereocenters. The molecule has 2 heterocycles. The fourth-order valence-electron chi connectivity index (χ4n) is 1.62. The van der Waals surface area contributed by atoms with E-state index in [1.165, 1.54) is 0 Å². The normalized spacial score (nSPS) is 16.9. The van der Waals surface area contributed by atoms with Crippen molar-refractivity contribution in [2.45, 2.75) is 19.8 Å². The molecule has 2 rings (SSSR count). The minimum atomic E-state index is -0.328. The van der Waals surface area contributed by atoms with E-state index < -0.39 is 0 Å². The van der Waals surface area contributed by atoms with Crippen LogP contribution in [-0.2, 0) is 20.8 Å². The third-order valence-electron chi connectivity index (χ3n) is 2.23. The van der Waals surface area contributed by atoms with Crippen LogP contribution in [0.25, 0.3) is 0 Å². The van der Waals surface area contributed by atoms with Gasteiger partial charge >= 0.3 is 0 Å². The van der Waals surface area contributed by atoms with E-state index in [1.54, 1.807) is 6.92 Å². The Morgan fingerprint density at radius 2 is 2.20 bits per heavy atom. The standard InChI is InChI=1S/C11H14NO3/c1-9(13)8-12-5-3-2-4-10(12)11-14-6-7-15-11/h2-5,11H,6-8H2,1H3/q+1. The van der Waals surface area contributed by atoms with E-state index in [4.69, 9.17) is 9.47 Å². The first kappa shape index (κ1) is 10.3. The van der Waals surface area contributed by atoms with Crippen LogP contribution in [0.3, 0.4) is 0 Å². The zero-order valence-corrected chi connectivity index (χ0v) is 8.68. The van der Waals surface area contributed by atoms with Crippen LogP contribution in [-0.4, -0.2) is 19.0 Å². The van der Waals surface area contributed by atoms with Gasteiger partial charge in [-0.15, -0.1) is 0 Å². The predicted molar refractivity (Wildman–Crippen MR) is 52.0 cm³/mol. The van der Waals surface area contributed by atoms with Gasteiger partial charge in [-0.25, -0.2) is 0 Å². The molecule has 0 radical (unpaired) electrons. The third-order valence-corrected chi connectivity index (χ3v) is 2.23. The molecule has 4 nitrogen and oxygen atoms in total. The zero-order chi connectivity index (χ0) is 10.7. The smallest absolute Gasteiger partial charge is 0.245 e. The van der Waals surface area contributed by atoms with Crippen molar-refractivity contribution in [3.8, 4) is 0 Å². The van der Waals surface area contributed by atoms with Crippen LogP contribution in [0, 0.1) is 0 Å². The van der Waals surface area contributed by atoms with Gasteiger partial charge in [0.25, 0.3) is 0 Å². The molecule has 1 aromatic rings. The molecule has 1 aliphatic heterocycles. The summed E-state index contributed by atoms with van der Waals surface area (Å²) in [5.41, 5.74) is 0.894. The van der Waals surface area contributed by atoms with Gasteiger partial charge in [0.2, 0.25) is 18.5 Å². The molecule has 0 spiro atoms. The zero-order valence-electron chi connectivity index (χ0n) is 8.68. The monoisotopic (exact) mass is 208 g/mol. The highest BCUT2D eigenvalue weighted by molar-refractivity contribution is 5.73. The largest absolute Gasteiger partial charge is 0.341 e. The minimum absolute atomic E-state index is 0.116. The van der Waals surface area contributed by atoms with Crippen molar-refractivity contribution in [1.29, 1.82) is 0 Å². The van der Waals surface area contributed by atoms with E-state index in [2.05, 4.69) is 0 Å². The predicted octanol–water partition coefficient (Wildman–Crippen LogP) is 0.608. The van der Waals surface area contributed by atoms with Crippen molar-refractivity contribution in [1.82, 2.24) is 0 Å². The number of rotatable bonds is 3. The summed E-state index contributed by atoms with van der Waals surface area (Å²) >= 11 is 0. The minimum Gasteiger partial charge on any atom is -0.341 e. The van der Waals surface area contributed by atoms with Crippen LogP contribution >= 0.6 is 0 Å². The maximum Gasteiger partial charge on any atom is 0.245 e. The van der Waals surface area contributed by atoms with Crippen LogP contribution < -0.4 is 4.57 Å². The first-order chi connectivity index (χ1) is 7.27. The average Bonchev–Trinajstić information content (AvgIpc) is 2.70. The Morgan fingerprint density at radius 1 is 1.47 bits per heavy atom. The highest BCUT2D eigenvalue weighted by Gasteiger charge is 2.27. The van der Waals surface area contributed by atoms with Crippen LogP contribution in [0.1, 0.15) is 18.9 Å². The van der Waals surface area contributed by atoms with Crippen LogP contribution in [0.15, 0.2) is 24.4 Å². The number of hydrogen-bond donors (Lipinski definition) is 0. The SMILES string of the molecule is CC(=O)C[n+]1ccccc1C1OCCO1. The summed E-state index contributed by atoms with van der Waals surface area (Å²) in [7, 11) is 0. The Balaban J connectivity index is 2.24. The lowest BCUT2D eigenvalue weighted by molar-refractivity contribution is -0.697. The molecule has 1 aromatic heterocycles. The highest BCUT2D eigenvalue weighted by atomic mass is 16.7. The topological polar surface area (TPSA) is 39.4 Å². The number of nitrogens with zero attached hydrogens (tertiary/aromatic N) is 1. The van der Waals surface area contributed by atoms with E-state index in [0.29, 0.717) is 19.8 Å². The lowest BCUT2D eigenvalue weighted by atomic mass is 10.3. The number of ether oxygens (including phenoxy) is 2. The number of carbonyl (C=O) groups excluding carboxylic acids is 1. The second-order valence-electron chi connectivity index (χ2n) is 3.53. The van der Waals surface area contributed by atoms with Gasteiger partial charge in [0.05, 0.1) is 13.2 Å². The van der Waals surface area contributed by atoms with Gasteiger partial charge in [-0.3, -0.25) is 4.79 Å². The van der Waals surface area contributed by atoms with Gasteiger partial charge in [-0.05, 0) is 6.07 Å². The van der Waals surface area contributed by atoms with Crippen molar-refractivity contribution in [2.75, 3.05) is 13.2 Å². The lowest BCUT2D eigenvalue weighted by Gasteiger charge is -2.07. The number of aromatic nitrogens is 1. The van der Waals surface area contributed by atoms with E-state index in [-0.39, 0.29) is 12.1 Å². The number of ketones is 1. The van der Waals surface area contributed by atoms with E-state index in [0.717, 1.165) is 5.69 Å². The molecule has 0 atom stereocenters. The Hall–Kier alpha value is -1.26. The van der Waals surface area contributed by atoms with Crippen molar-refractivity contribution < 1.29 is 18.8 Å². The molecule has 0 bridgehead atoms. The molecule has 0 amide bonds. The molecule has 0 aromatic carbocycles. The summed E-state index contributed by atoms with van der Waals surface area (Å²) in [5, 5.41) is 0. The molecule has 0 N–H and O–H groups in total. The quantitative estimate of drug-likeness (QED) is 0.683. The van der Waals surface area contributed by atoms with Gasteiger partial charge in [0, 0.05) is 19.1 Å². The summed E-state index contributed by atoms with van der Waals surface area (Å²) in [6.45, 7) is 3.15. The Morgan fingerprint density at radius 3 is 2.87 bits per heavy atom. The maximum atomic E-state index is 11.1. The van der Waals surface area contributed by atoms with E-state index in [1.807, 2.05) is 29.0 Å². The van der Waals surface area contributed by atoms with Crippen molar-refractivity contribution >= 4 is 5.78 Å². The molecule has 0 aliphatic carbocycles.